The van der Waals surface area contributed by atoms with Crippen LogP contribution in [0.3, 0.4) is 0 Å². The lowest BCUT2D eigenvalue weighted by Gasteiger charge is -2.26. The molecule has 3 unspecified atom stereocenters. The number of nitrogens with zero attached hydrogens (tertiary/aromatic N) is 1. The molecule has 3 atom stereocenters. The number of esters is 1. The number of amides is 1. The average Bonchev–Trinajstić information content (AvgIpc) is 2.58. The van der Waals surface area contributed by atoms with Gasteiger partial charge in [-0.25, -0.2) is 4.79 Å². The van der Waals surface area contributed by atoms with Gasteiger partial charge in [-0.05, 0) is 27.7 Å². The predicted octanol–water partition coefficient (Wildman–Crippen LogP) is 1.61. The molecule has 1 aliphatic rings. The molecule has 0 aromatic rings. The van der Waals surface area contributed by atoms with E-state index in [1.54, 1.807) is 23.6 Å². The first-order valence-electron chi connectivity index (χ1n) is 6.09. The van der Waals surface area contributed by atoms with Crippen LogP contribution in [0, 0.1) is 0 Å². The van der Waals surface area contributed by atoms with Gasteiger partial charge in [0.15, 0.2) is 6.29 Å². The number of rotatable bonds is 4. The second kappa shape index (κ2) is 6.43. The third-order valence-electron chi connectivity index (χ3n) is 2.60. The summed E-state index contributed by atoms with van der Waals surface area (Å²) < 4.78 is 10.6. The third-order valence-corrected chi connectivity index (χ3v) is 3.82. The van der Waals surface area contributed by atoms with E-state index in [0.717, 1.165) is 0 Å². The van der Waals surface area contributed by atoms with E-state index in [0.29, 0.717) is 5.75 Å². The van der Waals surface area contributed by atoms with Crippen molar-refractivity contribution in [2.45, 2.75) is 58.4 Å². The highest BCUT2D eigenvalue weighted by atomic mass is 32.2. The summed E-state index contributed by atoms with van der Waals surface area (Å²) in [5, 5.41) is 0.0152. The zero-order valence-electron chi connectivity index (χ0n) is 11.5. The van der Waals surface area contributed by atoms with E-state index in [2.05, 4.69) is 0 Å². The Labute approximate surface area is 112 Å². The molecule has 1 heterocycles. The van der Waals surface area contributed by atoms with Gasteiger partial charge in [0.1, 0.15) is 6.04 Å². The Morgan fingerprint density at radius 2 is 1.94 bits per heavy atom. The lowest BCUT2D eigenvalue weighted by Crippen LogP contribution is -2.45. The number of thioether (sulfide) groups is 1. The molecule has 1 rings (SSSR count). The van der Waals surface area contributed by atoms with Crippen molar-refractivity contribution in [1.82, 2.24) is 4.90 Å². The topological polar surface area (TPSA) is 55.8 Å². The van der Waals surface area contributed by atoms with Crippen LogP contribution in [0.5, 0.6) is 0 Å². The first kappa shape index (κ1) is 15.3. The number of ether oxygens (including phenoxy) is 2. The SMILES string of the molecule is CC(=O)N1C(C)SCC1C(=O)OC(C)OC(C)C. The molecular weight excluding hydrogens is 254 g/mol. The highest BCUT2D eigenvalue weighted by molar-refractivity contribution is 8.00. The Kier molecular flexibility index (Phi) is 5.47. The van der Waals surface area contributed by atoms with Gasteiger partial charge in [-0.15, -0.1) is 11.8 Å². The summed E-state index contributed by atoms with van der Waals surface area (Å²) in [6.07, 6.45) is -0.596. The maximum absolute atomic E-state index is 12.0. The van der Waals surface area contributed by atoms with Gasteiger partial charge in [-0.2, -0.15) is 0 Å². The average molecular weight is 275 g/mol. The maximum atomic E-state index is 12.0. The molecule has 1 aliphatic heterocycles. The van der Waals surface area contributed by atoms with E-state index in [-0.39, 0.29) is 17.4 Å². The van der Waals surface area contributed by atoms with Crippen LogP contribution in [-0.4, -0.2) is 46.3 Å². The smallest absolute Gasteiger partial charge is 0.332 e. The molecule has 0 aliphatic carbocycles. The van der Waals surface area contributed by atoms with Crippen molar-refractivity contribution < 1.29 is 19.1 Å². The largest absolute Gasteiger partial charge is 0.435 e. The second-order valence-corrected chi connectivity index (χ2v) is 5.91. The normalized spacial score (nSPS) is 25.3. The summed E-state index contributed by atoms with van der Waals surface area (Å²) in [7, 11) is 0. The van der Waals surface area contributed by atoms with Crippen LogP contribution in [0.4, 0.5) is 0 Å². The molecule has 0 spiro atoms. The highest BCUT2D eigenvalue weighted by Crippen LogP contribution is 2.29. The molecule has 18 heavy (non-hydrogen) atoms. The summed E-state index contributed by atoms with van der Waals surface area (Å²) in [6, 6.07) is -0.499. The Hall–Kier alpha value is -0.750. The fourth-order valence-electron chi connectivity index (χ4n) is 1.95. The molecule has 5 nitrogen and oxygen atoms in total. The van der Waals surface area contributed by atoms with Gasteiger partial charge in [0, 0.05) is 12.7 Å². The Balaban J connectivity index is 2.58. The Morgan fingerprint density at radius 1 is 1.33 bits per heavy atom. The number of carbonyl (C=O) groups is 2. The second-order valence-electron chi connectivity index (χ2n) is 4.56. The molecule has 1 saturated heterocycles. The third kappa shape index (κ3) is 3.88. The molecule has 1 fully saturated rings. The molecule has 0 aromatic heterocycles. The summed E-state index contributed by atoms with van der Waals surface area (Å²) >= 11 is 1.57. The number of carbonyl (C=O) groups excluding carboxylic acids is 2. The summed E-state index contributed by atoms with van der Waals surface area (Å²) in [4.78, 5) is 25.1. The van der Waals surface area contributed by atoms with Crippen molar-refractivity contribution in [3.8, 4) is 0 Å². The molecule has 0 radical (unpaired) electrons. The Morgan fingerprint density at radius 3 is 2.44 bits per heavy atom. The summed E-state index contributed by atoms with van der Waals surface area (Å²) in [6.45, 7) is 8.81. The van der Waals surface area contributed by atoms with Gasteiger partial charge < -0.3 is 14.4 Å². The first-order chi connectivity index (χ1) is 8.32. The van der Waals surface area contributed by atoms with E-state index in [1.165, 1.54) is 6.92 Å². The molecule has 0 N–H and O–H groups in total. The van der Waals surface area contributed by atoms with Crippen LogP contribution in [0.2, 0.25) is 0 Å². The molecule has 0 saturated carbocycles. The van der Waals surface area contributed by atoms with E-state index in [1.807, 2.05) is 20.8 Å². The van der Waals surface area contributed by atoms with Crippen molar-refractivity contribution >= 4 is 23.6 Å². The molecule has 0 bridgehead atoms. The molecule has 1 amide bonds. The maximum Gasteiger partial charge on any atom is 0.332 e. The fraction of sp³-hybridized carbons (Fsp3) is 0.833. The van der Waals surface area contributed by atoms with Gasteiger partial charge in [-0.3, -0.25) is 4.79 Å². The van der Waals surface area contributed by atoms with Crippen molar-refractivity contribution in [1.29, 1.82) is 0 Å². The van der Waals surface area contributed by atoms with Crippen molar-refractivity contribution in [3.63, 3.8) is 0 Å². The van der Waals surface area contributed by atoms with Gasteiger partial charge in [0.2, 0.25) is 5.91 Å². The van der Waals surface area contributed by atoms with Gasteiger partial charge in [-0.1, -0.05) is 0 Å². The highest BCUT2D eigenvalue weighted by Gasteiger charge is 2.39. The van der Waals surface area contributed by atoms with Crippen LogP contribution in [0.15, 0.2) is 0 Å². The minimum Gasteiger partial charge on any atom is -0.435 e. The molecule has 104 valence electrons. The minimum absolute atomic E-state index is 0.00594. The monoisotopic (exact) mass is 275 g/mol. The van der Waals surface area contributed by atoms with Crippen LogP contribution in [-0.2, 0) is 19.1 Å². The fourth-order valence-corrected chi connectivity index (χ4v) is 3.17. The van der Waals surface area contributed by atoms with Gasteiger partial charge in [0.25, 0.3) is 0 Å². The first-order valence-corrected chi connectivity index (χ1v) is 7.14. The Bertz CT molecular complexity index is 321. The summed E-state index contributed by atoms with van der Waals surface area (Å²) in [5.74, 6) is 0.0793. The zero-order valence-corrected chi connectivity index (χ0v) is 12.3. The molecule has 6 heteroatoms. The van der Waals surface area contributed by atoms with Crippen LogP contribution in [0.1, 0.15) is 34.6 Å². The number of hydrogen-bond acceptors (Lipinski definition) is 5. The van der Waals surface area contributed by atoms with Crippen molar-refractivity contribution in [3.05, 3.63) is 0 Å². The zero-order chi connectivity index (χ0) is 13.9. The van der Waals surface area contributed by atoms with Gasteiger partial charge in [0.05, 0.1) is 11.5 Å². The van der Waals surface area contributed by atoms with E-state index >= 15 is 0 Å². The van der Waals surface area contributed by atoms with Crippen molar-refractivity contribution in [2.75, 3.05) is 5.75 Å². The van der Waals surface area contributed by atoms with Crippen molar-refractivity contribution in [2.24, 2.45) is 0 Å². The van der Waals surface area contributed by atoms with Crippen LogP contribution in [0.25, 0.3) is 0 Å². The minimum atomic E-state index is -0.591. The van der Waals surface area contributed by atoms with E-state index in [4.69, 9.17) is 9.47 Å². The van der Waals surface area contributed by atoms with E-state index in [9.17, 15) is 9.59 Å². The quantitative estimate of drug-likeness (QED) is 0.576. The van der Waals surface area contributed by atoms with E-state index < -0.39 is 18.3 Å². The standard InChI is InChI=1S/C12H21NO4S/c1-7(2)16-10(5)17-12(15)11-6-18-9(4)13(11)8(3)14/h7,9-11H,6H2,1-5H3. The lowest BCUT2D eigenvalue weighted by atomic mass is 10.3. The predicted molar refractivity (Wildman–Crippen MR) is 70.0 cm³/mol. The van der Waals surface area contributed by atoms with Crippen LogP contribution >= 0.6 is 11.8 Å². The van der Waals surface area contributed by atoms with Gasteiger partial charge >= 0.3 is 5.97 Å². The molecule has 0 aromatic carbocycles. The number of hydrogen-bond donors (Lipinski definition) is 0. The lowest BCUT2D eigenvalue weighted by molar-refractivity contribution is -0.187. The molecular formula is C12H21NO4S. The van der Waals surface area contributed by atoms with Crippen LogP contribution < -0.4 is 0 Å². The summed E-state index contributed by atoms with van der Waals surface area (Å²) in [5.41, 5.74) is 0.